The van der Waals surface area contributed by atoms with Crippen molar-refractivity contribution in [2.45, 2.75) is 135 Å². The van der Waals surface area contributed by atoms with E-state index in [9.17, 15) is 8.78 Å². The Bertz CT molecular complexity index is 454. The third-order valence-corrected chi connectivity index (χ3v) is 8.92. The average molecular weight is 427 g/mol. The number of unbranched alkanes of at least 4 members (excludes halogenated alkanes) is 2. The van der Waals surface area contributed by atoms with Gasteiger partial charge in [-0.3, -0.25) is 0 Å². The van der Waals surface area contributed by atoms with Crippen molar-refractivity contribution in [1.29, 1.82) is 0 Å². The van der Waals surface area contributed by atoms with Gasteiger partial charge in [-0.25, -0.2) is 8.78 Å². The Kier molecular flexibility index (Phi) is 10.4. The topological polar surface area (TPSA) is 9.23 Å². The Morgan fingerprint density at radius 2 is 1.23 bits per heavy atom. The van der Waals surface area contributed by atoms with Gasteiger partial charge in [0.1, 0.15) is 6.17 Å². The second kappa shape index (κ2) is 12.8. The number of hydrogen-bond acceptors (Lipinski definition) is 1. The molecule has 176 valence electrons. The predicted octanol–water partition coefficient (Wildman–Crippen LogP) is 8.45. The smallest absolute Gasteiger partial charge is 0.157 e. The summed E-state index contributed by atoms with van der Waals surface area (Å²) in [4.78, 5) is 0. The van der Waals surface area contributed by atoms with Gasteiger partial charge in [0.05, 0.1) is 6.10 Å². The molecule has 4 unspecified atom stereocenters. The Hall–Kier alpha value is -0.180. The molecule has 1 nitrogen and oxygen atoms in total. The number of ether oxygens (including phenoxy) is 1. The lowest BCUT2D eigenvalue weighted by Crippen LogP contribution is -2.43. The normalized spacial score (nSPS) is 40.4. The summed E-state index contributed by atoms with van der Waals surface area (Å²) in [6.45, 7) is 4.64. The molecule has 0 aliphatic heterocycles. The zero-order valence-corrected chi connectivity index (χ0v) is 19.8. The zero-order chi connectivity index (χ0) is 21.3. The Balaban J connectivity index is 1.31. The highest BCUT2D eigenvalue weighted by Gasteiger charge is 2.41. The van der Waals surface area contributed by atoms with Crippen LogP contribution in [0.1, 0.15) is 117 Å². The minimum Gasteiger partial charge on any atom is -0.375 e. The lowest BCUT2D eigenvalue weighted by molar-refractivity contribution is -0.0728. The predicted molar refractivity (Wildman–Crippen MR) is 122 cm³/mol. The molecule has 0 aromatic rings. The molecule has 30 heavy (non-hydrogen) atoms. The van der Waals surface area contributed by atoms with E-state index < -0.39 is 18.4 Å². The van der Waals surface area contributed by atoms with Gasteiger partial charge in [-0.2, -0.15) is 0 Å². The van der Waals surface area contributed by atoms with E-state index in [1.54, 1.807) is 0 Å². The number of alkyl halides is 2. The first kappa shape index (κ1) is 24.5. The molecular formula is C27H48F2O. The van der Waals surface area contributed by atoms with Crippen LogP contribution >= 0.6 is 0 Å². The lowest BCUT2D eigenvalue weighted by Gasteiger charge is -2.39. The van der Waals surface area contributed by atoms with Crippen molar-refractivity contribution in [2.24, 2.45) is 29.6 Å². The fourth-order valence-electron chi connectivity index (χ4n) is 6.88. The van der Waals surface area contributed by atoms with Gasteiger partial charge in [0.25, 0.3) is 0 Å². The van der Waals surface area contributed by atoms with Gasteiger partial charge >= 0.3 is 0 Å². The van der Waals surface area contributed by atoms with Crippen LogP contribution < -0.4 is 0 Å². The van der Waals surface area contributed by atoms with Gasteiger partial charge in [-0.15, -0.1) is 0 Å². The molecule has 0 heterocycles. The van der Waals surface area contributed by atoms with E-state index in [0.29, 0.717) is 13.0 Å². The summed E-state index contributed by atoms with van der Waals surface area (Å²) in [7, 11) is 0. The summed E-state index contributed by atoms with van der Waals surface area (Å²) in [6, 6.07) is 0. The molecule has 3 aliphatic carbocycles. The van der Waals surface area contributed by atoms with Crippen LogP contribution in [-0.2, 0) is 4.74 Å². The van der Waals surface area contributed by atoms with Crippen LogP contribution in [0.25, 0.3) is 0 Å². The van der Waals surface area contributed by atoms with Crippen LogP contribution in [0.4, 0.5) is 8.78 Å². The van der Waals surface area contributed by atoms with Crippen LogP contribution in [-0.4, -0.2) is 25.1 Å². The number of halogens is 2. The molecular weight excluding hydrogens is 378 g/mol. The molecule has 3 rings (SSSR count). The summed E-state index contributed by atoms with van der Waals surface area (Å²) >= 11 is 0. The molecule has 3 aliphatic rings. The van der Waals surface area contributed by atoms with Crippen molar-refractivity contribution >= 4 is 0 Å². The minimum absolute atomic E-state index is 0.0857. The summed E-state index contributed by atoms with van der Waals surface area (Å²) in [6.07, 6.45) is 17.2. The lowest BCUT2D eigenvalue weighted by atomic mass is 9.68. The van der Waals surface area contributed by atoms with Gasteiger partial charge in [-0.05, 0) is 81.5 Å². The van der Waals surface area contributed by atoms with Crippen LogP contribution in [0.5, 0.6) is 0 Å². The number of rotatable bonds is 10. The van der Waals surface area contributed by atoms with E-state index in [1.807, 2.05) is 6.92 Å². The quantitative estimate of drug-likeness (QED) is 0.318. The monoisotopic (exact) mass is 426 g/mol. The standard InChI is InChI=1S/C27H48F2O/c1-3-5-6-7-20-8-13-22(14-9-20)23-15-10-21(11-16-23)12-17-24-18-19-25(30-4-2)27(29)26(24)28/h20-27H,3-19H2,1-2H3. The molecule has 4 atom stereocenters. The Morgan fingerprint density at radius 3 is 1.80 bits per heavy atom. The maximum Gasteiger partial charge on any atom is 0.157 e. The van der Waals surface area contributed by atoms with Crippen LogP contribution in [0, 0.1) is 29.6 Å². The summed E-state index contributed by atoms with van der Waals surface area (Å²) in [5.41, 5.74) is 0. The SMILES string of the molecule is CCCCCC1CCC(C2CCC(CCC3CCC(OCC)C(F)C3F)CC2)CC1. The summed E-state index contributed by atoms with van der Waals surface area (Å²) in [5, 5.41) is 0. The van der Waals surface area contributed by atoms with Crippen molar-refractivity contribution in [2.75, 3.05) is 6.61 Å². The summed E-state index contributed by atoms with van der Waals surface area (Å²) < 4.78 is 34.3. The Morgan fingerprint density at radius 1 is 0.633 bits per heavy atom. The third-order valence-electron chi connectivity index (χ3n) is 8.92. The molecule has 0 saturated heterocycles. The molecule has 0 bridgehead atoms. The van der Waals surface area contributed by atoms with Crippen molar-refractivity contribution in [1.82, 2.24) is 0 Å². The maximum atomic E-state index is 14.5. The second-order valence-corrected chi connectivity index (χ2v) is 10.9. The Labute approximate surface area is 185 Å². The van der Waals surface area contributed by atoms with Gasteiger partial charge in [0, 0.05) is 6.61 Å². The highest BCUT2D eigenvalue weighted by atomic mass is 19.2. The van der Waals surface area contributed by atoms with E-state index in [0.717, 1.165) is 42.9 Å². The van der Waals surface area contributed by atoms with E-state index in [-0.39, 0.29) is 5.92 Å². The number of hydrogen-bond donors (Lipinski definition) is 0. The van der Waals surface area contributed by atoms with Crippen molar-refractivity contribution in [3.05, 3.63) is 0 Å². The van der Waals surface area contributed by atoms with Crippen molar-refractivity contribution < 1.29 is 13.5 Å². The van der Waals surface area contributed by atoms with E-state index >= 15 is 0 Å². The van der Waals surface area contributed by atoms with Gasteiger partial charge in [-0.1, -0.05) is 64.7 Å². The van der Waals surface area contributed by atoms with Crippen LogP contribution in [0.3, 0.4) is 0 Å². The van der Waals surface area contributed by atoms with Crippen LogP contribution in [0.15, 0.2) is 0 Å². The highest BCUT2D eigenvalue weighted by Crippen LogP contribution is 2.44. The van der Waals surface area contributed by atoms with E-state index in [2.05, 4.69) is 6.92 Å². The van der Waals surface area contributed by atoms with E-state index in [4.69, 9.17) is 4.74 Å². The zero-order valence-electron chi connectivity index (χ0n) is 19.8. The molecule has 3 saturated carbocycles. The van der Waals surface area contributed by atoms with Crippen LogP contribution in [0.2, 0.25) is 0 Å². The van der Waals surface area contributed by atoms with Crippen molar-refractivity contribution in [3.8, 4) is 0 Å². The summed E-state index contributed by atoms with van der Waals surface area (Å²) in [5.74, 6) is 3.60. The first-order chi connectivity index (χ1) is 14.6. The molecule has 3 fully saturated rings. The van der Waals surface area contributed by atoms with E-state index in [1.165, 1.54) is 77.0 Å². The maximum absolute atomic E-state index is 14.5. The molecule has 0 aromatic carbocycles. The molecule has 3 heteroatoms. The fraction of sp³-hybridized carbons (Fsp3) is 1.00. The average Bonchev–Trinajstić information content (AvgIpc) is 2.78. The molecule has 0 amide bonds. The van der Waals surface area contributed by atoms with Gasteiger partial charge in [0.2, 0.25) is 0 Å². The highest BCUT2D eigenvalue weighted by molar-refractivity contribution is 4.90. The fourth-order valence-corrected chi connectivity index (χ4v) is 6.88. The minimum atomic E-state index is -1.42. The third kappa shape index (κ3) is 6.91. The molecule has 0 radical (unpaired) electrons. The largest absolute Gasteiger partial charge is 0.375 e. The molecule has 0 spiro atoms. The molecule has 0 N–H and O–H groups in total. The van der Waals surface area contributed by atoms with Gasteiger partial charge in [0.15, 0.2) is 6.17 Å². The first-order valence-electron chi connectivity index (χ1n) is 13.5. The first-order valence-corrected chi connectivity index (χ1v) is 13.5. The molecule has 0 aromatic heterocycles. The second-order valence-electron chi connectivity index (χ2n) is 10.9. The van der Waals surface area contributed by atoms with Gasteiger partial charge < -0.3 is 4.74 Å². The van der Waals surface area contributed by atoms with Crippen molar-refractivity contribution in [3.63, 3.8) is 0 Å².